The van der Waals surface area contributed by atoms with Crippen molar-refractivity contribution >= 4 is 17.5 Å². The number of nitrogens with zero attached hydrogens (tertiary/aromatic N) is 1. The monoisotopic (exact) mass is 382 g/mol. The summed E-state index contributed by atoms with van der Waals surface area (Å²) in [6.45, 7) is 3.75. The smallest absolute Gasteiger partial charge is 0.255 e. The van der Waals surface area contributed by atoms with E-state index in [1.54, 1.807) is 49.6 Å². The van der Waals surface area contributed by atoms with Crippen LogP contribution in [0.1, 0.15) is 40.5 Å². The Morgan fingerprint density at radius 1 is 1.04 bits per heavy atom. The number of carbonyl (C=O) groups excluding carboxylic acids is 2. The third-order valence-electron chi connectivity index (χ3n) is 5.00. The van der Waals surface area contributed by atoms with Crippen LogP contribution in [-0.2, 0) is 0 Å². The number of anilines is 1. The van der Waals surface area contributed by atoms with Gasteiger partial charge in [0.1, 0.15) is 11.5 Å². The molecule has 1 aliphatic rings. The molecule has 1 atom stereocenters. The summed E-state index contributed by atoms with van der Waals surface area (Å²) in [5.41, 5.74) is 1.63. The van der Waals surface area contributed by atoms with E-state index in [0.29, 0.717) is 34.2 Å². The van der Waals surface area contributed by atoms with Crippen LogP contribution in [0, 0.1) is 5.92 Å². The highest BCUT2D eigenvalue weighted by atomic mass is 16.5. The molecule has 1 fully saturated rings. The molecular formula is C22H26N2O4. The number of piperidine rings is 1. The number of rotatable bonds is 5. The standard InChI is InChI=1S/C22H26N2O4/c1-15-5-4-12-24(14-15)22(26)17-8-6-16(7-9-17)21(25)23-19-11-10-18(27-2)13-20(19)28-3/h6-11,13,15H,4-5,12,14H2,1-3H3,(H,23,25). The molecule has 148 valence electrons. The van der Waals surface area contributed by atoms with Crippen LogP contribution in [0.15, 0.2) is 42.5 Å². The van der Waals surface area contributed by atoms with Crippen molar-refractivity contribution in [3.05, 3.63) is 53.6 Å². The highest BCUT2D eigenvalue weighted by Crippen LogP contribution is 2.29. The molecule has 1 aliphatic heterocycles. The molecule has 0 radical (unpaired) electrons. The van der Waals surface area contributed by atoms with Crippen molar-refractivity contribution in [2.24, 2.45) is 5.92 Å². The normalized spacial score (nSPS) is 16.4. The van der Waals surface area contributed by atoms with Gasteiger partial charge in [-0.15, -0.1) is 0 Å². The average Bonchev–Trinajstić information content (AvgIpc) is 2.73. The Kier molecular flexibility index (Phi) is 6.19. The maximum Gasteiger partial charge on any atom is 0.255 e. The van der Waals surface area contributed by atoms with Gasteiger partial charge in [0.2, 0.25) is 0 Å². The first kappa shape index (κ1) is 19.7. The van der Waals surface area contributed by atoms with Gasteiger partial charge in [0.15, 0.2) is 0 Å². The lowest BCUT2D eigenvalue weighted by Gasteiger charge is -2.31. The Morgan fingerprint density at radius 2 is 1.75 bits per heavy atom. The zero-order valence-electron chi connectivity index (χ0n) is 16.5. The van der Waals surface area contributed by atoms with E-state index in [1.807, 2.05) is 4.90 Å². The predicted molar refractivity (Wildman–Crippen MR) is 108 cm³/mol. The molecule has 6 nitrogen and oxygen atoms in total. The van der Waals surface area contributed by atoms with Crippen LogP contribution >= 0.6 is 0 Å². The zero-order chi connectivity index (χ0) is 20.1. The van der Waals surface area contributed by atoms with Crippen molar-refractivity contribution in [1.29, 1.82) is 0 Å². The second-order valence-corrected chi connectivity index (χ2v) is 7.10. The van der Waals surface area contributed by atoms with E-state index in [4.69, 9.17) is 9.47 Å². The minimum absolute atomic E-state index is 0.0235. The molecule has 1 saturated heterocycles. The molecule has 2 aromatic carbocycles. The van der Waals surface area contributed by atoms with E-state index in [9.17, 15) is 9.59 Å². The van der Waals surface area contributed by atoms with E-state index in [-0.39, 0.29) is 11.8 Å². The molecule has 2 aromatic rings. The fraction of sp³-hybridized carbons (Fsp3) is 0.364. The molecule has 28 heavy (non-hydrogen) atoms. The zero-order valence-corrected chi connectivity index (χ0v) is 16.5. The Balaban J connectivity index is 1.69. The van der Waals surface area contributed by atoms with Gasteiger partial charge in [-0.1, -0.05) is 6.92 Å². The Hall–Kier alpha value is -3.02. The van der Waals surface area contributed by atoms with Gasteiger partial charge in [0, 0.05) is 30.3 Å². The molecule has 1 unspecified atom stereocenters. The third-order valence-corrected chi connectivity index (χ3v) is 5.00. The van der Waals surface area contributed by atoms with Crippen LogP contribution in [0.4, 0.5) is 5.69 Å². The number of hydrogen-bond acceptors (Lipinski definition) is 4. The van der Waals surface area contributed by atoms with Gasteiger partial charge in [-0.05, 0) is 55.2 Å². The summed E-state index contributed by atoms with van der Waals surface area (Å²) >= 11 is 0. The number of ether oxygens (including phenoxy) is 2. The summed E-state index contributed by atoms with van der Waals surface area (Å²) in [5, 5.41) is 2.83. The van der Waals surface area contributed by atoms with E-state index >= 15 is 0 Å². The first-order chi connectivity index (χ1) is 13.5. The van der Waals surface area contributed by atoms with E-state index in [1.165, 1.54) is 7.11 Å². The highest BCUT2D eigenvalue weighted by Gasteiger charge is 2.22. The van der Waals surface area contributed by atoms with Crippen molar-refractivity contribution in [3.63, 3.8) is 0 Å². The average molecular weight is 382 g/mol. The number of likely N-dealkylation sites (tertiary alicyclic amines) is 1. The molecule has 0 bridgehead atoms. The molecule has 6 heteroatoms. The van der Waals surface area contributed by atoms with Crippen LogP contribution in [0.2, 0.25) is 0 Å². The maximum absolute atomic E-state index is 12.7. The third kappa shape index (κ3) is 4.44. The fourth-order valence-electron chi connectivity index (χ4n) is 3.42. The topological polar surface area (TPSA) is 67.9 Å². The summed E-state index contributed by atoms with van der Waals surface area (Å²) in [4.78, 5) is 27.1. The van der Waals surface area contributed by atoms with Crippen LogP contribution in [0.3, 0.4) is 0 Å². The minimum atomic E-state index is -0.269. The first-order valence-corrected chi connectivity index (χ1v) is 9.44. The Bertz CT molecular complexity index is 848. The largest absolute Gasteiger partial charge is 0.497 e. The molecule has 1 N–H and O–H groups in total. The minimum Gasteiger partial charge on any atom is -0.497 e. The number of carbonyl (C=O) groups is 2. The van der Waals surface area contributed by atoms with Crippen molar-refractivity contribution in [1.82, 2.24) is 4.90 Å². The van der Waals surface area contributed by atoms with Gasteiger partial charge >= 0.3 is 0 Å². The number of amides is 2. The van der Waals surface area contributed by atoms with Crippen molar-refractivity contribution in [3.8, 4) is 11.5 Å². The predicted octanol–water partition coefficient (Wildman–Crippen LogP) is 3.83. The Labute approximate surface area is 165 Å². The van der Waals surface area contributed by atoms with E-state index in [2.05, 4.69) is 12.2 Å². The first-order valence-electron chi connectivity index (χ1n) is 9.44. The number of nitrogens with one attached hydrogen (secondary N) is 1. The van der Waals surface area contributed by atoms with Gasteiger partial charge in [-0.3, -0.25) is 9.59 Å². The molecular weight excluding hydrogens is 356 g/mol. The van der Waals surface area contributed by atoms with Crippen LogP contribution in [0.5, 0.6) is 11.5 Å². The summed E-state index contributed by atoms with van der Waals surface area (Å²) in [6, 6.07) is 11.9. The highest BCUT2D eigenvalue weighted by molar-refractivity contribution is 6.05. The van der Waals surface area contributed by atoms with Crippen LogP contribution in [-0.4, -0.2) is 44.0 Å². The molecule has 2 amide bonds. The lowest BCUT2D eigenvalue weighted by molar-refractivity contribution is 0.0682. The van der Waals surface area contributed by atoms with Crippen LogP contribution < -0.4 is 14.8 Å². The van der Waals surface area contributed by atoms with Gasteiger partial charge < -0.3 is 19.7 Å². The fourth-order valence-corrected chi connectivity index (χ4v) is 3.42. The molecule has 0 spiro atoms. The van der Waals surface area contributed by atoms with Crippen molar-refractivity contribution in [2.45, 2.75) is 19.8 Å². The summed E-state index contributed by atoms with van der Waals surface area (Å²) < 4.78 is 10.5. The molecule has 0 aliphatic carbocycles. The van der Waals surface area contributed by atoms with Gasteiger partial charge in [0.25, 0.3) is 11.8 Å². The summed E-state index contributed by atoms with van der Waals surface area (Å²) in [5.74, 6) is 1.44. The molecule has 3 rings (SSSR count). The second-order valence-electron chi connectivity index (χ2n) is 7.10. The maximum atomic E-state index is 12.7. The molecule has 1 heterocycles. The number of benzene rings is 2. The molecule has 0 aromatic heterocycles. The quantitative estimate of drug-likeness (QED) is 0.853. The van der Waals surface area contributed by atoms with E-state index in [0.717, 1.165) is 25.9 Å². The summed E-state index contributed by atoms with van der Waals surface area (Å²) in [6.07, 6.45) is 2.20. The van der Waals surface area contributed by atoms with Gasteiger partial charge in [-0.25, -0.2) is 0 Å². The van der Waals surface area contributed by atoms with Gasteiger partial charge in [0.05, 0.1) is 19.9 Å². The Morgan fingerprint density at radius 3 is 2.39 bits per heavy atom. The SMILES string of the molecule is COc1ccc(NC(=O)c2ccc(C(=O)N3CCCC(C)C3)cc2)c(OC)c1. The van der Waals surface area contributed by atoms with Crippen molar-refractivity contribution in [2.75, 3.05) is 32.6 Å². The lowest BCUT2D eigenvalue weighted by atomic mass is 9.99. The van der Waals surface area contributed by atoms with Crippen molar-refractivity contribution < 1.29 is 19.1 Å². The molecule has 0 saturated carbocycles. The van der Waals surface area contributed by atoms with Gasteiger partial charge in [-0.2, -0.15) is 0 Å². The number of hydrogen-bond donors (Lipinski definition) is 1. The second kappa shape index (κ2) is 8.78. The lowest BCUT2D eigenvalue weighted by Crippen LogP contribution is -2.39. The van der Waals surface area contributed by atoms with Crippen LogP contribution in [0.25, 0.3) is 0 Å². The van der Waals surface area contributed by atoms with E-state index < -0.39 is 0 Å². The number of methoxy groups -OCH3 is 2. The summed E-state index contributed by atoms with van der Waals surface area (Å²) in [7, 11) is 3.10.